The van der Waals surface area contributed by atoms with Crippen LogP contribution in [0.25, 0.3) is 0 Å². The van der Waals surface area contributed by atoms with Gasteiger partial charge in [-0.25, -0.2) is 0 Å². The van der Waals surface area contributed by atoms with Gasteiger partial charge in [0.05, 0.1) is 5.54 Å². The maximum absolute atomic E-state index is 12.2. The van der Waals surface area contributed by atoms with Crippen molar-refractivity contribution >= 4 is 5.91 Å². The van der Waals surface area contributed by atoms with Gasteiger partial charge in [0.1, 0.15) is 0 Å². The van der Waals surface area contributed by atoms with E-state index in [1.165, 1.54) is 0 Å². The number of carbonyl (C=O) groups is 1. The zero-order chi connectivity index (χ0) is 13.3. The second-order valence-corrected chi connectivity index (χ2v) is 5.47. The third-order valence-electron chi connectivity index (χ3n) is 2.90. The highest BCUT2D eigenvalue weighted by atomic mass is 16.2. The summed E-state index contributed by atoms with van der Waals surface area (Å²) in [5, 5.41) is 6.43. The first-order valence-electron chi connectivity index (χ1n) is 6.99. The summed E-state index contributed by atoms with van der Waals surface area (Å²) < 4.78 is 0. The molecular formula is C14H30N2O. The molecule has 3 nitrogen and oxygen atoms in total. The van der Waals surface area contributed by atoms with E-state index in [0.29, 0.717) is 5.92 Å². The summed E-state index contributed by atoms with van der Waals surface area (Å²) in [7, 11) is 0. The average Bonchev–Trinajstić information content (AvgIpc) is 2.25. The maximum atomic E-state index is 12.2. The van der Waals surface area contributed by atoms with Crippen LogP contribution in [0.3, 0.4) is 0 Å². The molecule has 0 fully saturated rings. The quantitative estimate of drug-likeness (QED) is 0.610. The summed E-state index contributed by atoms with van der Waals surface area (Å²) in [4.78, 5) is 12.2. The summed E-state index contributed by atoms with van der Waals surface area (Å²) in [6.07, 6.45) is 4.10. The summed E-state index contributed by atoms with van der Waals surface area (Å²) >= 11 is 0. The van der Waals surface area contributed by atoms with Crippen LogP contribution in [0.4, 0.5) is 0 Å². The van der Waals surface area contributed by atoms with Gasteiger partial charge in [-0.1, -0.05) is 34.1 Å². The number of hydrogen-bond acceptors (Lipinski definition) is 2. The standard InChI is InChI=1S/C14H30N2O/c1-6-8-10-15-13(17)14(5,11-12(3)4)16-9-7-2/h12,16H,6-11H2,1-5H3,(H,15,17). The molecule has 17 heavy (non-hydrogen) atoms. The first-order chi connectivity index (χ1) is 7.96. The van der Waals surface area contributed by atoms with E-state index in [9.17, 15) is 4.79 Å². The minimum atomic E-state index is -0.419. The molecule has 1 amide bonds. The summed E-state index contributed by atoms with van der Waals surface area (Å²) in [5.41, 5.74) is -0.419. The fourth-order valence-electron chi connectivity index (χ4n) is 2.04. The largest absolute Gasteiger partial charge is 0.355 e. The fourth-order valence-corrected chi connectivity index (χ4v) is 2.04. The number of rotatable bonds is 9. The molecular weight excluding hydrogens is 212 g/mol. The molecule has 1 atom stereocenters. The molecule has 0 spiro atoms. The number of hydrogen-bond donors (Lipinski definition) is 2. The van der Waals surface area contributed by atoms with Gasteiger partial charge in [0.25, 0.3) is 0 Å². The topological polar surface area (TPSA) is 41.1 Å². The van der Waals surface area contributed by atoms with Crippen molar-refractivity contribution in [1.29, 1.82) is 0 Å². The normalized spacial score (nSPS) is 14.7. The molecule has 0 aromatic heterocycles. The highest BCUT2D eigenvalue weighted by molar-refractivity contribution is 5.85. The third kappa shape index (κ3) is 6.67. The SMILES string of the molecule is CCCCNC(=O)C(C)(CC(C)C)NCCC. The van der Waals surface area contributed by atoms with Crippen LogP contribution in [0.2, 0.25) is 0 Å². The van der Waals surface area contributed by atoms with E-state index in [1.807, 2.05) is 6.92 Å². The molecule has 0 aromatic carbocycles. The van der Waals surface area contributed by atoms with Crippen LogP contribution in [0, 0.1) is 5.92 Å². The van der Waals surface area contributed by atoms with E-state index < -0.39 is 5.54 Å². The molecule has 0 aliphatic rings. The molecule has 0 aliphatic carbocycles. The smallest absolute Gasteiger partial charge is 0.240 e. The van der Waals surface area contributed by atoms with Crippen molar-refractivity contribution in [3.63, 3.8) is 0 Å². The van der Waals surface area contributed by atoms with Crippen LogP contribution in [-0.2, 0) is 4.79 Å². The lowest BCUT2D eigenvalue weighted by Crippen LogP contribution is -2.55. The fraction of sp³-hybridized carbons (Fsp3) is 0.929. The lowest BCUT2D eigenvalue weighted by atomic mass is 9.89. The molecule has 0 bridgehead atoms. The molecule has 0 aliphatic heterocycles. The van der Waals surface area contributed by atoms with Crippen LogP contribution in [-0.4, -0.2) is 24.5 Å². The van der Waals surface area contributed by atoms with E-state index in [-0.39, 0.29) is 5.91 Å². The molecule has 0 saturated heterocycles. The van der Waals surface area contributed by atoms with Gasteiger partial charge < -0.3 is 10.6 Å². The minimum absolute atomic E-state index is 0.146. The lowest BCUT2D eigenvalue weighted by Gasteiger charge is -2.31. The Hall–Kier alpha value is -0.570. The van der Waals surface area contributed by atoms with Crippen molar-refractivity contribution in [2.75, 3.05) is 13.1 Å². The Morgan fingerprint density at radius 2 is 1.82 bits per heavy atom. The van der Waals surface area contributed by atoms with Crippen molar-refractivity contribution in [2.45, 2.75) is 65.8 Å². The molecule has 2 N–H and O–H groups in total. The zero-order valence-corrected chi connectivity index (χ0v) is 12.2. The summed E-state index contributed by atoms with van der Waals surface area (Å²) in [6.45, 7) is 12.3. The van der Waals surface area contributed by atoms with Gasteiger partial charge in [-0.2, -0.15) is 0 Å². The second-order valence-electron chi connectivity index (χ2n) is 5.47. The number of unbranched alkanes of at least 4 members (excludes halogenated alkanes) is 1. The molecule has 0 heterocycles. The van der Waals surface area contributed by atoms with Crippen molar-refractivity contribution < 1.29 is 4.79 Å². The number of carbonyl (C=O) groups excluding carboxylic acids is 1. The Labute approximate surface area is 107 Å². The minimum Gasteiger partial charge on any atom is -0.355 e. The van der Waals surface area contributed by atoms with Crippen LogP contribution in [0.1, 0.15) is 60.3 Å². The third-order valence-corrected chi connectivity index (χ3v) is 2.90. The van der Waals surface area contributed by atoms with Gasteiger partial charge in [-0.3, -0.25) is 4.79 Å². The monoisotopic (exact) mass is 242 g/mol. The zero-order valence-electron chi connectivity index (χ0n) is 12.2. The Morgan fingerprint density at radius 1 is 1.18 bits per heavy atom. The van der Waals surface area contributed by atoms with Gasteiger partial charge >= 0.3 is 0 Å². The molecule has 102 valence electrons. The molecule has 0 saturated carbocycles. The van der Waals surface area contributed by atoms with E-state index in [2.05, 4.69) is 38.3 Å². The van der Waals surface area contributed by atoms with Crippen molar-refractivity contribution in [2.24, 2.45) is 5.92 Å². The summed E-state index contributed by atoms with van der Waals surface area (Å²) in [6, 6.07) is 0. The van der Waals surface area contributed by atoms with Gasteiger partial charge in [-0.15, -0.1) is 0 Å². The Bertz CT molecular complexity index is 216. The molecule has 0 radical (unpaired) electrons. The highest BCUT2D eigenvalue weighted by Crippen LogP contribution is 2.17. The van der Waals surface area contributed by atoms with Gasteiger partial charge in [0, 0.05) is 6.54 Å². The van der Waals surface area contributed by atoms with E-state index in [0.717, 1.165) is 38.8 Å². The van der Waals surface area contributed by atoms with Crippen molar-refractivity contribution in [3.8, 4) is 0 Å². The Morgan fingerprint density at radius 3 is 2.29 bits per heavy atom. The molecule has 1 unspecified atom stereocenters. The van der Waals surface area contributed by atoms with E-state index in [4.69, 9.17) is 0 Å². The first-order valence-corrected chi connectivity index (χ1v) is 6.99. The van der Waals surface area contributed by atoms with E-state index in [1.54, 1.807) is 0 Å². The average molecular weight is 242 g/mol. The lowest BCUT2D eigenvalue weighted by molar-refractivity contribution is -0.127. The second kappa shape index (κ2) is 8.51. The van der Waals surface area contributed by atoms with Crippen LogP contribution >= 0.6 is 0 Å². The highest BCUT2D eigenvalue weighted by Gasteiger charge is 2.32. The van der Waals surface area contributed by atoms with Gasteiger partial charge in [0.15, 0.2) is 0 Å². The molecule has 0 aromatic rings. The van der Waals surface area contributed by atoms with Crippen LogP contribution < -0.4 is 10.6 Å². The van der Waals surface area contributed by atoms with E-state index >= 15 is 0 Å². The number of nitrogens with one attached hydrogen (secondary N) is 2. The first kappa shape index (κ1) is 16.4. The van der Waals surface area contributed by atoms with Crippen LogP contribution in [0.15, 0.2) is 0 Å². The molecule has 3 heteroatoms. The number of amides is 1. The van der Waals surface area contributed by atoms with Crippen molar-refractivity contribution in [1.82, 2.24) is 10.6 Å². The Kier molecular flexibility index (Phi) is 8.23. The summed E-state index contributed by atoms with van der Waals surface area (Å²) in [5.74, 6) is 0.661. The van der Waals surface area contributed by atoms with Gasteiger partial charge in [0.2, 0.25) is 5.91 Å². The predicted molar refractivity (Wildman–Crippen MR) is 74.1 cm³/mol. The Balaban J connectivity index is 4.37. The maximum Gasteiger partial charge on any atom is 0.240 e. The predicted octanol–water partition coefficient (Wildman–Crippen LogP) is 2.71. The van der Waals surface area contributed by atoms with Gasteiger partial charge in [-0.05, 0) is 38.6 Å². The van der Waals surface area contributed by atoms with Crippen LogP contribution in [0.5, 0.6) is 0 Å². The van der Waals surface area contributed by atoms with Crippen molar-refractivity contribution in [3.05, 3.63) is 0 Å². The molecule has 0 rings (SSSR count).